The molecule has 3 aromatic rings. The molecular formula is C20H21N3O5S2. The monoisotopic (exact) mass is 447 g/mol. The van der Waals surface area contributed by atoms with Crippen molar-refractivity contribution in [2.75, 3.05) is 26.0 Å². The highest BCUT2D eigenvalue weighted by molar-refractivity contribution is 7.89. The van der Waals surface area contributed by atoms with E-state index in [0.29, 0.717) is 5.13 Å². The Balaban J connectivity index is 1.61. The Hall–Kier alpha value is -2.82. The maximum Gasteiger partial charge on any atom is 0.338 e. The molecule has 0 spiro atoms. The van der Waals surface area contributed by atoms with Crippen molar-refractivity contribution in [2.24, 2.45) is 0 Å². The highest BCUT2D eigenvalue weighted by Gasteiger charge is 2.18. The molecule has 3 rings (SSSR count). The fraction of sp³-hybridized carbons (Fsp3) is 0.250. The summed E-state index contributed by atoms with van der Waals surface area (Å²) in [5.41, 5.74) is 3.10. The number of esters is 1. The molecule has 0 fully saturated rings. The molecule has 0 aliphatic heterocycles. The minimum Gasteiger partial charge on any atom is -0.452 e. The fourth-order valence-electron chi connectivity index (χ4n) is 2.77. The molecule has 0 radical (unpaired) electrons. The molecule has 0 atom stereocenters. The van der Waals surface area contributed by atoms with Crippen LogP contribution in [-0.2, 0) is 19.6 Å². The number of benzene rings is 2. The van der Waals surface area contributed by atoms with Gasteiger partial charge in [-0.3, -0.25) is 10.1 Å². The van der Waals surface area contributed by atoms with Gasteiger partial charge in [0.2, 0.25) is 10.0 Å². The number of amides is 1. The highest BCUT2D eigenvalue weighted by Crippen LogP contribution is 2.29. The summed E-state index contributed by atoms with van der Waals surface area (Å²) in [7, 11) is -0.744. The maximum absolute atomic E-state index is 12.1. The van der Waals surface area contributed by atoms with E-state index in [1.807, 2.05) is 26.0 Å². The number of rotatable bonds is 6. The molecule has 1 aromatic heterocycles. The van der Waals surface area contributed by atoms with Crippen molar-refractivity contribution in [1.82, 2.24) is 9.29 Å². The van der Waals surface area contributed by atoms with Gasteiger partial charge in [0.15, 0.2) is 11.7 Å². The molecule has 0 saturated heterocycles. The number of hydrogen-bond donors (Lipinski definition) is 1. The summed E-state index contributed by atoms with van der Waals surface area (Å²) in [6, 6.07) is 9.33. The summed E-state index contributed by atoms with van der Waals surface area (Å²) >= 11 is 1.35. The Morgan fingerprint density at radius 1 is 1.13 bits per heavy atom. The lowest BCUT2D eigenvalue weighted by atomic mass is 10.1. The first-order valence-electron chi connectivity index (χ1n) is 8.95. The largest absolute Gasteiger partial charge is 0.452 e. The number of carbonyl (C=O) groups excluding carboxylic acids is 2. The maximum atomic E-state index is 12.1. The minimum absolute atomic E-state index is 0.0585. The van der Waals surface area contributed by atoms with Crippen molar-refractivity contribution in [2.45, 2.75) is 18.7 Å². The van der Waals surface area contributed by atoms with Gasteiger partial charge >= 0.3 is 5.97 Å². The number of hydrogen-bond acceptors (Lipinski definition) is 7. The smallest absolute Gasteiger partial charge is 0.338 e. The number of sulfonamides is 1. The molecule has 0 bridgehead atoms. The van der Waals surface area contributed by atoms with Crippen molar-refractivity contribution in [3.8, 4) is 0 Å². The van der Waals surface area contributed by atoms with E-state index in [1.165, 1.54) is 49.7 Å². The second-order valence-electron chi connectivity index (χ2n) is 6.88. The van der Waals surface area contributed by atoms with Crippen LogP contribution in [0.5, 0.6) is 0 Å². The van der Waals surface area contributed by atoms with Gasteiger partial charge in [0.25, 0.3) is 5.91 Å². The van der Waals surface area contributed by atoms with E-state index >= 15 is 0 Å². The molecule has 0 aliphatic rings. The topological polar surface area (TPSA) is 106 Å². The van der Waals surface area contributed by atoms with E-state index in [9.17, 15) is 18.0 Å². The standard InChI is InChI=1S/C20H21N3O5S2/c1-12-9-13(2)18-16(10-12)29-20(22-18)21-17(24)11-28-19(25)14-5-7-15(8-6-14)30(26,27)23(3)4/h5-10H,11H2,1-4H3,(H,21,22,24). The number of aryl methyl sites for hydroxylation is 2. The van der Waals surface area contributed by atoms with Crippen molar-refractivity contribution in [3.63, 3.8) is 0 Å². The normalized spacial score (nSPS) is 11.6. The Bertz CT molecular complexity index is 1220. The van der Waals surface area contributed by atoms with E-state index in [2.05, 4.69) is 10.3 Å². The third kappa shape index (κ3) is 4.66. The SMILES string of the molecule is Cc1cc(C)c2nc(NC(=O)COC(=O)c3ccc(S(=O)(=O)N(C)C)cc3)sc2c1. The van der Waals surface area contributed by atoms with Crippen LogP contribution in [0.15, 0.2) is 41.3 Å². The molecule has 0 saturated carbocycles. The van der Waals surface area contributed by atoms with Crippen LogP contribution >= 0.6 is 11.3 Å². The lowest BCUT2D eigenvalue weighted by Crippen LogP contribution is -2.22. The van der Waals surface area contributed by atoms with Gasteiger partial charge in [-0.2, -0.15) is 0 Å². The van der Waals surface area contributed by atoms with E-state index in [4.69, 9.17) is 4.74 Å². The van der Waals surface area contributed by atoms with Crippen LogP contribution in [0.4, 0.5) is 5.13 Å². The van der Waals surface area contributed by atoms with E-state index in [0.717, 1.165) is 25.6 Å². The Morgan fingerprint density at radius 2 is 1.80 bits per heavy atom. The average Bonchev–Trinajstić information content (AvgIpc) is 3.08. The zero-order valence-corrected chi connectivity index (χ0v) is 18.6. The second-order valence-corrected chi connectivity index (χ2v) is 10.1. The Kier molecular flexibility index (Phi) is 6.20. The quantitative estimate of drug-likeness (QED) is 0.583. The van der Waals surface area contributed by atoms with Gasteiger partial charge in [-0.05, 0) is 55.3 Å². The Morgan fingerprint density at radius 3 is 2.43 bits per heavy atom. The number of aromatic nitrogens is 1. The molecule has 1 heterocycles. The lowest BCUT2D eigenvalue weighted by Gasteiger charge is -2.11. The molecule has 1 N–H and O–H groups in total. The molecule has 2 aromatic carbocycles. The van der Waals surface area contributed by atoms with E-state index in [-0.39, 0.29) is 10.5 Å². The number of fused-ring (bicyclic) bond motifs is 1. The average molecular weight is 448 g/mol. The van der Waals surface area contributed by atoms with Crippen molar-refractivity contribution in [1.29, 1.82) is 0 Å². The summed E-state index contributed by atoms with van der Waals surface area (Å²) in [5, 5.41) is 3.06. The third-order valence-corrected chi connectivity index (χ3v) is 7.03. The van der Waals surface area contributed by atoms with Crippen LogP contribution in [0.1, 0.15) is 21.5 Å². The first kappa shape index (κ1) is 21.9. The molecule has 1 amide bonds. The van der Waals surface area contributed by atoms with Gasteiger partial charge < -0.3 is 4.74 Å². The van der Waals surface area contributed by atoms with Gasteiger partial charge in [-0.1, -0.05) is 17.4 Å². The Labute approximate surface area is 178 Å². The molecule has 0 aliphatic carbocycles. The molecule has 8 nitrogen and oxygen atoms in total. The predicted octanol–water partition coefficient (Wildman–Crippen LogP) is 2.96. The summed E-state index contributed by atoms with van der Waals surface area (Å²) in [6.07, 6.45) is 0. The molecule has 30 heavy (non-hydrogen) atoms. The number of nitrogens with zero attached hydrogens (tertiary/aromatic N) is 2. The van der Waals surface area contributed by atoms with E-state index in [1.54, 1.807) is 0 Å². The summed E-state index contributed by atoms with van der Waals surface area (Å²) < 4.78 is 31.2. The molecule has 10 heteroatoms. The van der Waals surface area contributed by atoms with Crippen LogP contribution in [-0.4, -0.2) is 50.3 Å². The van der Waals surface area contributed by atoms with E-state index < -0.39 is 28.5 Å². The predicted molar refractivity (Wildman–Crippen MR) is 115 cm³/mol. The first-order valence-corrected chi connectivity index (χ1v) is 11.2. The van der Waals surface area contributed by atoms with Crippen LogP contribution in [0, 0.1) is 13.8 Å². The third-order valence-electron chi connectivity index (χ3n) is 4.28. The summed E-state index contributed by atoms with van der Waals surface area (Å²) in [4.78, 5) is 28.7. The first-order chi connectivity index (χ1) is 14.1. The van der Waals surface area contributed by atoms with Gasteiger partial charge in [0, 0.05) is 14.1 Å². The zero-order valence-electron chi connectivity index (χ0n) is 16.9. The molecular weight excluding hydrogens is 426 g/mol. The van der Waals surface area contributed by atoms with Crippen LogP contribution < -0.4 is 5.32 Å². The van der Waals surface area contributed by atoms with Crippen molar-refractivity contribution < 1.29 is 22.7 Å². The number of ether oxygens (including phenoxy) is 1. The van der Waals surface area contributed by atoms with Crippen LogP contribution in [0.2, 0.25) is 0 Å². The highest BCUT2D eigenvalue weighted by atomic mass is 32.2. The lowest BCUT2D eigenvalue weighted by molar-refractivity contribution is -0.119. The minimum atomic E-state index is -3.59. The molecule has 158 valence electrons. The number of thiazole rings is 1. The summed E-state index contributed by atoms with van der Waals surface area (Å²) in [6.45, 7) is 3.47. The van der Waals surface area contributed by atoms with Crippen LogP contribution in [0.3, 0.4) is 0 Å². The summed E-state index contributed by atoms with van der Waals surface area (Å²) in [5.74, 6) is -1.24. The number of carbonyl (C=O) groups is 2. The van der Waals surface area contributed by atoms with Gasteiger partial charge in [-0.25, -0.2) is 22.5 Å². The van der Waals surface area contributed by atoms with Crippen molar-refractivity contribution >= 4 is 48.6 Å². The van der Waals surface area contributed by atoms with Gasteiger partial charge in [0.1, 0.15) is 0 Å². The number of nitrogens with one attached hydrogen (secondary N) is 1. The fourth-order valence-corrected chi connectivity index (χ4v) is 4.73. The van der Waals surface area contributed by atoms with Gasteiger partial charge in [-0.15, -0.1) is 0 Å². The van der Waals surface area contributed by atoms with Crippen LogP contribution in [0.25, 0.3) is 10.2 Å². The number of anilines is 1. The van der Waals surface area contributed by atoms with Gasteiger partial charge in [0.05, 0.1) is 20.7 Å². The van der Waals surface area contributed by atoms with Crippen molar-refractivity contribution in [3.05, 3.63) is 53.1 Å². The second kappa shape index (κ2) is 8.50. The molecule has 0 unspecified atom stereocenters. The zero-order chi connectivity index (χ0) is 22.1.